The monoisotopic (exact) mass is 458 g/mol. The molecule has 0 saturated heterocycles. The molecule has 0 spiro atoms. The first-order valence-corrected chi connectivity index (χ1v) is 12.3. The van der Waals surface area contributed by atoms with Crippen molar-refractivity contribution in [3.63, 3.8) is 0 Å². The van der Waals surface area contributed by atoms with E-state index in [0.29, 0.717) is 17.6 Å². The molecule has 0 amide bonds. The number of rotatable bonds is 6. The van der Waals surface area contributed by atoms with Crippen molar-refractivity contribution >= 4 is 43.8 Å². The van der Waals surface area contributed by atoms with Crippen molar-refractivity contribution in [3.8, 4) is 0 Å². The maximum atomic E-state index is 14.8. The van der Waals surface area contributed by atoms with Crippen LogP contribution >= 0.6 is 22.9 Å². The highest BCUT2D eigenvalue weighted by atomic mass is 35.5. The zero-order valence-electron chi connectivity index (χ0n) is 16.4. The quantitative estimate of drug-likeness (QED) is 0.681. The maximum absolute atomic E-state index is 14.8. The van der Waals surface area contributed by atoms with E-state index in [9.17, 15) is 12.8 Å². The molecule has 2 N–H and O–H groups in total. The molecular weight excluding hydrogens is 435 g/mol. The fourth-order valence-corrected chi connectivity index (χ4v) is 6.68. The average Bonchev–Trinajstić information content (AvgIpc) is 3.02. The number of hydrogen-bond acceptors (Lipinski definition) is 6. The van der Waals surface area contributed by atoms with E-state index in [2.05, 4.69) is 40.9 Å². The molecule has 158 valence electrons. The van der Waals surface area contributed by atoms with Gasteiger partial charge in [0.25, 0.3) is 10.0 Å². The van der Waals surface area contributed by atoms with Gasteiger partial charge in [0.15, 0.2) is 5.13 Å². The second-order valence-electron chi connectivity index (χ2n) is 8.15. The predicted molar refractivity (Wildman–Crippen MR) is 115 cm³/mol. The zero-order valence-corrected chi connectivity index (χ0v) is 18.8. The van der Waals surface area contributed by atoms with Crippen molar-refractivity contribution in [1.82, 2.24) is 9.88 Å². The third-order valence-electron chi connectivity index (χ3n) is 6.23. The first-order chi connectivity index (χ1) is 13.7. The third kappa shape index (κ3) is 4.10. The number of likely N-dealkylation sites (N-methyl/N-ethyl adjacent to an activating group) is 1. The van der Waals surface area contributed by atoms with Crippen LogP contribution in [0.3, 0.4) is 0 Å². The molecule has 1 aromatic carbocycles. The van der Waals surface area contributed by atoms with E-state index in [1.54, 1.807) is 5.38 Å². The second-order valence-corrected chi connectivity index (χ2v) is 11.1. The lowest BCUT2D eigenvalue weighted by molar-refractivity contribution is 0.204. The molecule has 0 aliphatic heterocycles. The van der Waals surface area contributed by atoms with Crippen LogP contribution < -0.4 is 10.0 Å². The molecule has 4 rings (SSSR count). The molecule has 2 aliphatic rings. The van der Waals surface area contributed by atoms with Crippen molar-refractivity contribution < 1.29 is 12.8 Å². The highest BCUT2D eigenvalue weighted by Crippen LogP contribution is 2.56. The molecule has 3 unspecified atom stereocenters. The Labute approximate surface area is 179 Å². The summed E-state index contributed by atoms with van der Waals surface area (Å²) in [5.41, 5.74) is 0.418. The van der Waals surface area contributed by atoms with Crippen LogP contribution in [0.15, 0.2) is 28.6 Å². The van der Waals surface area contributed by atoms with Gasteiger partial charge in [-0.25, -0.2) is 17.8 Å². The molecule has 0 bridgehead atoms. The number of sulfonamides is 1. The Hall–Kier alpha value is -1.42. The van der Waals surface area contributed by atoms with E-state index >= 15 is 0 Å². The second kappa shape index (κ2) is 7.68. The Bertz CT molecular complexity index is 1000. The number of hydrogen-bond donors (Lipinski definition) is 2. The van der Waals surface area contributed by atoms with Crippen molar-refractivity contribution in [2.24, 2.45) is 17.8 Å². The number of aromatic nitrogens is 1. The van der Waals surface area contributed by atoms with E-state index in [1.165, 1.54) is 12.3 Å². The number of nitrogens with zero attached hydrogens (tertiary/aromatic N) is 2. The van der Waals surface area contributed by atoms with E-state index < -0.39 is 20.7 Å². The highest BCUT2D eigenvalue weighted by molar-refractivity contribution is 7.93. The van der Waals surface area contributed by atoms with Crippen LogP contribution in [0.2, 0.25) is 5.02 Å². The van der Waals surface area contributed by atoms with E-state index in [1.807, 2.05) is 0 Å². The minimum Gasteiger partial charge on any atom is -0.379 e. The molecule has 2 saturated carbocycles. The molecule has 2 aromatic rings. The summed E-state index contributed by atoms with van der Waals surface area (Å²) in [5, 5.41) is 5.36. The summed E-state index contributed by atoms with van der Waals surface area (Å²) < 4.78 is 42.1. The lowest BCUT2D eigenvalue weighted by atomic mass is 9.89. The molecule has 1 aromatic heterocycles. The van der Waals surface area contributed by atoms with Crippen LogP contribution in [0.1, 0.15) is 19.8 Å². The molecule has 2 fully saturated rings. The van der Waals surface area contributed by atoms with Gasteiger partial charge in [-0.05, 0) is 56.8 Å². The Balaban J connectivity index is 1.57. The molecule has 0 radical (unpaired) electrons. The third-order valence-corrected chi connectivity index (χ3v) is 8.72. The van der Waals surface area contributed by atoms with Gasteiger partial charge >= 0.3 is 0 Å². The minimum atomic E-state index is -4.12. The van der Waals surface area contributed by atoms with Crippen LogP contribution in [0, 0.1) is 23.6 Å². The van der Waals surface area contributed by atoms with Crippen molar-refractivity contribution in [1.29, 1.82) is 0 Å². The van der Waals surface area contributed by atoms with Crippen LogP contribution in [0.4, 0.5) is 15.2 Å². The van der Waals surface area contributed by atoms with Gasteiger partial charge in [0, 0.05) is 23.7 Å². The zero-order chi connectivity index (χ0) is 20.9. The minimum absolute atomic E-state index is 0.129. The van der Waals surface area contributed by atoms with E-state index in [0.717, 1.165) is 42.1 Å². The molecule has 29 heavy (non-hydrogen) atoms. The number of nitrogens with one attached hydrogen (secondary N) is 2. The largest absolute Gasteiger partial charge is 0.379 e. The van der Waals surface area contributed by atoms with Crippen molar-refractivity contribution in [2.45, 2.75) is 36.7 Å². The Morgan fingerprint density at radius 3 is 2.66 bits per heavy atom. The number of thiazole rings is 1. The number of anilines is 2. The SMILES string of the molecule is CC1C2C[C@@H](N(C)C)[C@H](Nc3cc(F)c(S(=O)(=O)Nc4nccs4)cc3Cl)CC12. The molecule has 2 aliphatic carbocycles. The van der Waals surface area contributed by atoms with Gasteiger partial charge in [0.05, 0.1) is 10.7 Å². The van der Waals surface area contributed by atoms with Gasteiger partial charge < -0.3 is 10.2 Å². The van der Waals surface area contributed by atoms with Crippen LogP contribution in [-0.2, 0) is 10.0 Å². The van der Waals surface area contributed by atoms with Gasteiger partial charge in [-0.2, -0.15) is 0 Å². The van der Waals surface area contributed by atoms with Crippen molar-refractivity contribution in [2.75, 3.05) is 24.1 Å². The molecule has 5 atom stereocenters. The fourth-order valence-electron chi connectivity index (χ4n) is 4.52. The summed E-state index contributed by atoms with van der Waals surface area (Å²) in [4.78, 5) is 5.57. The predicted octanol–water partition coefficient (Wildman–Crippen LogP) is 4.12. The highest BCUT2D eigenvalue weighted by Gasteiger charge is 2.53. The Morgan fingerprint density at radius 2 is 2.00 bits per heavy atom. The smallest absolute Gasteiger partial charge is 0.266 e. The first kappa shape index (κ1) is 20.8. The average molecular weight is 459 g/mol. The summed E-state index contributed by atoms with van der Waals surface area (Å²) in [6, 6.07) is 2.78. The number of fused-ring (bicyclic) bond motifs is 1. The van der Waals surface area contributed by atoms with Gasteiger partial charge in [-0.1, -0.05) is 18.5 Å². The van der Waals surface area contributed by atoms with E-state index in [4.69, 9.17) is 11.6 Å². The summed E-state index contributed by atoms with van der Waals surface area (Å²) in [6.07, 6.45) is 3.56. The fraction of sp³-hybridized carbons (Fsp3) is 0.526. The lowest BCUT2D eigenvalue weighted by Gasteiger charge is -2.37. The van der Waals surface area contributed by atoms with Crippen LogP contribution in [0.5, 0.6) is 0 Å². The van der Waals surface area contributed by atoms with Gasteiger partial charge in [-0.3, -0.25) is 4.72 Å². The molecule has 10 heteroatoms. The Morgan fingerprint density at radius 1 is 1.28 bits per heavy atom. The van der Waals surface area contributed by atoms with Gasteiger partial charge in [0.1, 0.15) is 10.7 Å². The van der Waals surface area contributed by atoms with Gasteiger partial charge in [0.2, 0.25) is 0 Å². The van der Waals surface area contributed by atoms with Crippen LogP contribution in [0.25, 0.3) is 0 Å². The van der Waals surface area contributed by atoms with Crippen molar-refractivity contribution in [3.05, 3.63) is 34.5 Å². The summed E-state index contributed by atoms with van der Waals surface area (Å²) in [6.45, 7) is 2.28. The summed E-state index contributed by atoms with van der Waals surface area (Å²) in [7, 11) is -0.0165. The first-order valence-electron chi connectivity index (χ1n) is 9.51. The van der Waals surface area contributed by atoms with Crippen LogP contribution in [-0.4, -0.2) is 44.5 Å². The molecular formula is C19H24ClFN4O2S2. The molecule has 1 heterocycles. The Kier molecular flexibility index (Phi) is 5.52. The number of benzene rings is 1. The standard InChI is InChI=1S/C19H24ClFN4O2S2/c1-10-11-6-16(17(25(2)3)7-12(10)11)23-15-9-14(21)18(8-13(15)20)29(26,27)24-19-22-4-5-28-19/h4-5,8-12,16-17,23H,6-7H2,1-3H3,(H,22,24)/t10?,11?,12?,16-,17-/m1/s1. The summed E-state index contributed by atoms with van der Waals surface area (Å²) in [5.74, 6) is 1.32. The normalized spacial score (nSPS) is 28.8. The number of halogens is 2. The van der Waals surface area contributed by atoms with Gasteiger partial charge in [-0.15, -0.1) is 11.3 Å². The van der Waals surface area contributed by atoms with E-state index in [-0.39, 0.29) is 16.2 Å². The topological polar surface area (TPSA) is 74.3 Å². The summed E-state index contributed by atoms with van der Waals surface area (Å²) >= 11 is 7.48. The lowest BCUT2D eigenvalue weighted by Crippen LogP contribution is -2.46. The molecule has 6 nitrogen and oxygen atoms in total. The maximum Gasteiger partial charge on any atom is 0.266 e.